The number of ether oxygens (including phenoxy) is 1. The van der Waals surface area contributed by atoms with Gasteiger partial charge in [-0.3, -0.25) is 9.89 Å². The number of anilines is 1. The Morgan fingerprint density at radius 3 is 2.70 bits per heavy atom. The van der Waals surface area contributed by atoms with Gasteiger partial charge in [0.2, 0.25) is 5.95 Å². The summed E-state index contributed by atoms with van der Waals surface area (Å²) < 4.78 is 5.29. The third kappa shape index (κ3) is 5.77. The molecule has 27 heavy (non-hydrogen) atoms. The minimum atomic E-state index is 0.624. The molecule has 2 fully saturated rings. The molecule has 0 aromatic carbocycles. The molecule has 2 aliphatic heterocycles. The molecular weight excluding hydrogens is 342 g/mol. The van der Waals surface area contributed by atoms with E-state index in [1.165, 1.54) is 6.42 Å². The van der Waals surface area contributed by atoms with Crippen molar-refractivity contribution in [1.29, 1.82) is 0 Å². The fourth-order valence-electron chi connectivity index (χ4n) is 3.86. The lowest BCUT2D eigenvalue weighted by molar-refractivity contribution is 0.157. The quantitative estimate of drug-likeness (QED) is 0.424. The number of aliphatic imine (C=N–C) groups is 1. The molecule has 150 valence electrons. The first kappa shape index (κ1) is 19.8. The molecule has 8 heteroatoms. The Morgan fingerprint density at radius 1 is 1.22 bits per heavy atom. The summed E-state index contributed by atoms with van der Waals surface area (Å²) >= 11 is 0. The van der Waals surface area contributed by atoms with Gasteiger partial charge in [-0.25, -0.2) is 9.97 Å². The van der Waals surface area contributed by atoms with E-state index in [9.17, 15) is 0 Å². The maximum Gasteiger partial charge on any atom is 0.225 e. The first-order chi connectivity index (χ1) is 13.3. The average Bonchev–Trinajstić information content (AvgIpc) is 3.18. The van der Waals surface area contributed by atoms with Crippen LogP contribution in [0.25, 0.3) is 0 Å². The standard InChI is InChI=1S/C19H33N7O/c1-20-18(26-10-5-17(15-26)16-27-2)21-8-4-9-24-11-13-25(14-12-24)19-22-6-3-7-23-19/h3,6-7,17H,4-5,8-16H2,1-2H3,(H,20,21). The Morgan fingerprint density at radius 2 is 2.00 bits per heavy atom. The van der Waals surface area contributed by atoms with Crippen LogP contribution >= 0.6 is 0 Å². The SMILES string of the molecule is CN=C(NCCCN1CCN(c2ncccn2)CC1)N1CCC(COC)C1. The topological polar surface area (TPSA) is 69.1 Å². The fraction of sp³-hybridized carbons (Fsp3) is 0.737. The van der Waals surface area contributed by atoms with E-state index in [4.69, 9.17) is 4.74 Å². The van der Waals surface area contributed by atoms with Crippen LogP contribution in [0.2, 0.25) is 0 Å². The predicted octanol–water partition coefficient (Wildman–Crippen LogP) is 0.532. The minimum Gasteiger partial charge on any atom is -0.384 e. The highest BCUT2D eigenvalue weighted by Gasteiger charge is 2.24. The molecule has 1 aromatic heterocycles. The molecule has 8 nitrogen and oxygen atoms in total. The summed E-state index contributed by atoms with van der Waals surface area (Å²) in [4.78, 5) is 20.3. The van der Waals surface area contributed by atoms with Crippen molar-refractivity contribution >= 4 is 11.9 Å². The molecule has 1 atom stereocenters. The van der Waals surface area contributed by atoms with E-state index in [-0.39, 0.29) is 0 Å². The van der Waals surface area contributed by atoms with Crippen LogP contribution in [0, 0.1) is 5.92 Å². The molecule has 3 rings (SSSR count). The van der Waals surface area contributed by atoms with Gasteiger partial charge in [-0.15, -0.1) is 0 Å². The Labute approximate surface area is 162 Å². The van der Waals surface area contributed by atoms with E-state index in [2.05, 4.69) is 35.0 Å². The second-order valence-electron chi connectivity index (χ2n) is 7.26. The van der Waals surface area contributed by atoms with Crippen LogP contribution in [-0.2, 0) is 4.74 Å². The van der Waals surface area contributed by atoms with Crippen molar-refractivity contribution in [3.8, 4) is 0 Å². The summed E-state index contributed by atoms with van der Waals surface area (Å²) in [5.41, 5.74) is 0. The molecule has 2 saturated heterocycles. The molecule has 0 aliphatic carbocycles. The van der Waals surface area contributed by atoms with E-state index >= 15 is 0 Å². The van der Waals surface area contributed by atoms with Crippen LogP contribution in [0.5, 0.6) is 0 Å². The molecule has 0 bridgehead atoms. The van der Waals surface area contributed by atoms with Crippen LogP contribution in [0.4, 0.5) is 5.95 Å². The van der Waals surface area contributed by atoms with Crippen LogP contribution in [0.15, 0.2) is 23.5 Å². The first-order valence-corrected chi connectivity index (χ1v) is 9.99. The largest absolute Gasteiger partial charge is 0.384 e. The second kappa shape index (κ2) is 10.4. The van der Waals surface area contributed by atoms with Crippen molar-refractivity contribution in [3.63, 3.8) is 0 Å². The van der Waals surface area contributed by atoms with Crippen LogP contribution < -0.4 is 10.2 Å². The molecule has 1 aromatic rings. The highest BCUT2D eigenvalue weighted by atomic mass is 16.5. The van der Waals surface area contributed by atoms with E-state index in [0.29, 0.717) is 5.92 Å². The second-order valence-corrected chi connectivity index (χ2v) is 7.26. The molecule has 0 radical (unpaired) electrons. The van der Waals surface area contributed by atoms with Crippen LogP contribution in [-0.4, -0.2) is 98.8 Å². The molecule has 3 heterocycles. The monoisotopic (exact) mass is 375 g/mol. The van der Waals surface area contributed by atoms with E-state index in [1.54, 1.807) is 7.11 Å². The lowest BCUT2D eigenvalue weighted by atomic mass is 10.1. The van der Waals surface area contributed by atoms with E-state index in [1.807, 2.05) is 25.5 Å². The third-order valence-electron chi connectivity index (χ3n) is 5.34. The third-order valence-corrected chi connectivity index (χ3v) is 5.34. The normalized spacial score (nSPS) is 21.7. The van der Waals surface area contributed by atoms with E-state index in [0.717, 1.165) is 77.3 Å². The summed E-state index contributed by atoms with van der Waals surface area (Å²) in [7, 11) is 3.65. The molecule has 1 unspecified atom stereocenters. The smallest absolute Gasteiger partial charge is 0.225 e. The Kier molecular flexibility index (Phi) is 7.65. The number of rotatable bonds is 7. The number of aromatic nitrogens is 2. The lowest BCUT2D eigenvalue weighted by Crippen LogP contribution is -2.47. The summed E-state index contributed by atoms with van der Waals surface area (Å²) in [6.07, 6.45) is 5.93. The Hall–Kier alpha value is -1.93. The van der Waals surface area contributed by atoms with Crippen LogP contribution in [0.3, 0.4) is 0 Å². The van der Waals surface area contributed by atoms with Crippen molar-refractivity contribution in [2.24, 2.45) is 10.9 Å². The zero-order valence-corrected chi connectivity index (χ0v) is 16.7. The number of hydrogen-bond donors (Lipinski definition) is 1. The zero-order valence-electron chi connectivity index (χ0n) is 16.7. The van der Waals surface area contributed by atoms with Crippen molar-refractivity contribution in [1.82, 2.24) is 25.1 Å². The first-order valence-electron chi connectivity index (χ1n) is 9.99. The van der Waals surface area contributed by atoms with Crippen molar-refractivity contribution in [2.75, 3.05) is 78.0 Å². The summed E-state index contributed by atoms with van der Waals surface area (Å²) in [5, 5.41) is 3.53. The maximum absolute atomic E-state index is 5.29. The number of nitrogens with zero attached hydrogens (tertiary/aromatic N) is 6. The van der Waals surface area contributed by atoms with Gasteiger partial charge in [0.05, 0.1) is 6.61 Å². The lowest BCUT2D eigenvalue weighted by Gasteiger charge is -2.34. The molecule has 0 saturated carbocycles. The number of nitrogens with one attached hydrogen (secondary N) is 1. The van der Waals surface area contributed by atoms with Crippen molar-refractivity contribution in [2.45, 2.75) is 12.8 Å². The van der Waals surface area contributed by atoms with Gasteiger partial charge in [-0.2, -0.15) is 0 Å². The van der Waals surface area contributed by atoms with Crippen LogP contribution in [0.1, 0.15) is 12.8 Å². The zero-order chi connectivity index (χ0) is 18.9. The molecule has 0 amide bonds. The van der Waals surface area contributed by atoms with Gasteiger partial charge in [0.15, 0.2) is 5.96 Å². The number of hydrogen-bond acceptors (Lipinski definition) is 6. The van der Waals surface area contributed by atoms with Gasteiger partial charge in [-0.1, -0.05) is 0 Å². The molecule has 0 spiro atoms. The Balaban J connectivity index is 1.31. The number of likely N-dealkylation sites (tertiary alicyclic amines) is 1. The molecule has 2 aliphatic rings. The molecular formula is C19H33N7O. The number of guanidine groups is 1. The predicted molar refractivity (Wildman–Crippen MR) is 108 cm³/mol. The van der Waals surface area contributed by atoms with E-state index < -0.39 is 0 Å². The fourth-order valence-corrected chi connectivity index (χ4v) is 3.86. The van der Waals surface area contributed by atoms with Crippen molar-refractivity contribution in [3.05, 3.63) is 18.5 Å². The van der Waals surface area contributed by atoms with Gasteiger partial charge in [0, 0.05) is 78.3 Å². The van der Waals surface area contributed by atoms with Gasteiger partial charge in [0.1, 0.15) is 0 Å². The minimum absolute atomic E-state index is 0.624. The summed E-state index contributed by atoms with van der Waals surface area (Å²) in [6, 6.07) is 1.86. The highest BCUT2D eigenvalue weighted by Crippen LogP contribution is 2.16. The van der Waals surface area contributed by atoms with Gasteiger partial charge >= 0.3 is 0 Å². The van der Waals surface area contributed by atoms with Gasteiger partial charge in [-0.05, 0) is 25.5 Å². The summed E-state index contributed by atoms with van der Waals surface area (Å²) in [5.74, 6) is 2.50. The summed E-state index contributed by atoms with van der Waals surface area (Å²) in [6.45, 7) is 9.14. The number of piperazine rings is 1. The number of methoxy groups -OCH3 is 1. The van der Waals surface area contributed by atoms with Gasteiger partial charge in [0.25, 0.3) is 0 Å². The van der Waals surface area contributed by atoms with Gasteiger partial charge < -0.3 is 19.9 Å². The molecule has 1 N–H and O–H groups in total. The maximum atomic E-state index is 5.29. The average molecular weight is 376 g/mol. The van der Waals surface area contributed by atoms with Crippen molar-refractivity contribution < 1.29 is 4.74 Å². The highest BCUT2D eigenvalue weighted by molar-refractivity contribution is 5.80. The Bertz CT molecular complexity index is 575.